The van der Waals surface area contributed by atoms with Crippen LogP contribution in [0.2, 0.25) is 10.3 Å². The van der Waals surface area contributed by atoms with E-state index in [2.05, 4.69) is 69.7 Å². The van der Waals surface area contributed by atoms with E-state index in [1.54, 1.807) is 12.4 Å². The van der Waals surface area contributed by atoms with Crippen LogP contribution in [0.25, 0.3) is 43.9 Å². The molecule has 0 amide bonds. The summed E-state index contributed by atoms with van der Waals surface area (Å²) in [5.41, 5.74) is 4.15. The Bertz CT molecular complexity index is 3200. The highest BCUT2D eigenvalue weighted by Gasteiger charge is 2.57. The lowest BCUT2D eigenvalue weighted by atomic mass is 10.1. The molecule has 0 spiro atoms. The van der Waals surface area contributed by atoms with Crippen LogP contribution in [-0.4, -0.2) is 87.2 Å². The van der Waals surface area contributed by atoms with Crippen LogP contribution in [0.3, 0.4) is 0 Å². The SMILES string of the molecule is Brc1ccc2cccnc2c1.C#C[C@H]1O[C@@H](n2ccc3c(Cl)ncnc32)[C@@H]2OC(C)(C)O[C@@H]21.CC1(C)O[C@@H]2[C@H](O1)[C@@H](C#Cc1ccc3cccnc3c1)O[C@H]2n1ccc2c(Cl)ncnc21. The van der Waals surface area contributed by atoms with Crippen molar-refractivity contribution in [2.45, 2.75) is 88.3 Å². The quantitative estimate of drug-likeness (QED) is 0.120. The summed E-state index contributed by atoms with van der Waals surface area (Å²) in [6, 6.07) is 23.7. The molecule has 4 aliphatic heterocycles. The summed E-state index contributed by atoms with van der Waals surface area (Å²) in [5, 5.41) is 4.56. The Kier molecular flexibility index (Phi) is 11.6. The molecule has 10 heterocycles. The Labute approximate surface area is 391 Å². The fraction of sp³-hybridized carbons (Fsp3) is 0.292. The van der Waals surface area contributed by atoms with Gasteiger partial charge in [-0.05, 0) is 76.2 Å². The number of ether oxygens (including phenoxy) is 6. The molecule has 0 N–H and O–H groups in total. The van der Waals surface area contributed by atoms with Gasteiger partial charge in [0.25, 0.3) is 0 Å². The normalized spacial score (nSPS) is 25.8. The van der Waals surface area contributed by atoms with Gasteiger partial charge in [0, 0.05) is 45.6 Å². The first-order chi connectivity index (χ1) is 31.3. The van der Waals surface area contributed by atoms with Crippen LogP contribution in [-0.2, 0) is 28.4 Å². The van der Waals surface area contributed by atoms with Gasteiger partial charge in [0.05, 0.1) is 21.8 Å². The predicted molar refractivity (Wildman–Crippen MR) is 247 cm³/mol. The third-order valence-corrected chi connectivity index (χ3v) is 12.3. The largest absolute Gasteiger partial charge is 0.341 e. The summed E-state index contributed by atoms with van der Waals surface area (Å²) in [7, 11) is 0. The maximum atomic E-state index is 6.34. The van der Waals surface area contributed by atoms with Gasteiger partial charge in [-0.1, -0.05) is 81.2 Å². The minimum Gasteiger partial charge on any atom is -0.341 e. The number of hydrogen-bond donors (Lipinski definition) is 0. The summed E-state index contributed by atoms with van der Waals surface area (Å²) in [5.74, 6) is 7.67. The van der Waals surface area contributed by atoms with Crippen molar-refractivity contribution >= 4 is 83.0 Å². The van der Waals surface area contributed by atoms with Crippen molar-refractivity contribution in [1.82, 2.24) is 39.0 Å². The molecule has 65 heavy (non-hydrogen) atoms. The smallest absolute Gasteiger partial charge is 0.166 e. The van der Waals surface area contributed by atoms with Gasteiger partial charge >= 0.3 is 0 Å². The third kappa shape index (κ3) is 8.56. The second-order valence-electron chi connectivity index (χ2n) is 16.5. The van der Waals surface area contributed by atoms with E-state index in [0.717, 1.165) is 37.2 Å². The van der Waals surface area contributed by atoms with E-state index in [0.29, 0.717) is 21.6 Å². The van der Waals surface area contributed by atoms with Crippen molar-refractivity contribution in [3.8, 4) is 24.2 Å². The number of halogens is 3. The Morgan fingerprint density at radius 3 is 1.69 bits per heavy atom. The molecule has 0 bridgehead atoms. The number of terminal acetylenes is 1. The van der Waals surface area contributed by atoms with E-state index >= 15 is 0 Å². The Hall–Kier alpha value is -5.56. The highest BCUT2D eigenvalue weighted by molar-refractivity contribution is 9.10. The van der Waals surface area contributed by atoms with Crippen molar-refractivity contribution in [3.05, 3.63) is 131 Å². The molecule has 4 aliphatic rings. The molecule has 0 radical (unpaired) electrons. The van der Waals surface area contributed by atoms with Crippen LogP contribution in [0.5, 0.6) is 0 Å². The van der Waals surface area contributed by atoms with Crippen LogP contribution in [0.15, 0.2) is 115 Å². The van der Waals surface area contributed by atoms with Gasteiger partial charge in [-0.25, -0.2) is 19.9 Å². The lowest BCUT2D eigenvalue weighted by Gasteiger charge is -2.23. The van der Waals surface area contributed by atoms with Gasteiger partial charge in [-0.15, -0.1) is 6.42 Å². The van der Waals surface area contributed by atoms with E-state index in [4.69, 9.17) is 58.0 Å². The highest BCUT2D eigenvalue weighted by atomic mass is 79.9. The number of benzene rings is 2. The molecule has 0 aliphatic carbocycles. The average Bonchev–Trinajstić information content (AvgIpc) is 4.15. The van der Waals surface area contributed by atoms with Gasteiger partial charge in [0.15, 0.2) is 24.0 Å². The van der Waals surface area contributed by atoms with Crippen molar-refractivity contribution < 1.29 is 28.4 Å². The van der Waals surface area contributed by atoms with Crippen molar-refractivity contribution in [3.63, 3.8) is 0 Å². The van der Waals surface area contributed by atoms with Gasteiger partial charge in [0.2, 0.25) is 0 Å². The Morgan fingerprint density at radius 2 is 1.12 bits per heavy atom. The summed E-state index contributed by atoms with van der Waals surface area (Å²) < 4.78 is 41.4. The molecular formula is C48H39BrCl2N8O6. The van der Waals surface area contributed by atoms with Crippen LogP contribution in [0.4, 0.5) is 0 Å². The summed E-state index contributed by atoms with van der Waals surface area (Å²) in [6.07, 6.45) is 12.6. The Balaban J connectivity index is 0.000000129. The zero-order valence-electron chi connectivity index (χ0n) is 35.2. The highest BCUT2D eigenvalue weighted by Crippen LogP contribution is 2.45. The molecule has 4 fully saturated rings. The maximum absolute atomic E-state index is 6.34. The van der Waals surface area contributed by atoms with Crippen LogP contribution in [0, 0.1) is 24.2 Å². The van der Waals surface area contributed by atoms with Gasteiger partial charge < -0.3 is 37.6 Å². The first kappa shape index (κ1) is 43.3. The molecule has 14 nitrogen and oxygen atoms in total. The minimum absolute atomic E-state index is 0.305. The lowest BCUT2D eigenvalue weighted by Crippen LogP contribution is -2.28. The predicted octanol–water partition coefficient (Wildman–Crippen LogP) is 9.23. The summed E-state index contributed by atoms with van der Waals surface area (Å²) in [4.78, 5) is 25.3. The summed E-state index contributed by atoms with van der Waals surface area (Å²) in [6.45, 7) is 7.52. The second-order valence-corrected chi connectivity index (χ2v) is 18.1. The molecule has 2 aromatic carbocycles. The molecule has 8 atom stereocenters. The number of nitrogens with zero attached hydrogens (tertiary/aromatic N) is 8. The molecule has 6 aromatic heterocycles. The molecule has 12 rings (SSSR count). The maximum Gasteiger partial charge on any atom is 0.166 e. The molecule has 0 unspecified atom stereocenters. The van der Waals surface area contributed by atoms with Crippen molar-refractivity contribution in [2.24, 2.45) is 0 Å². The number of rotatable bonds is 2. The third-order valence-electron chi connectivity index (χ3n) is 11.2. The van der Waals surface area contributed by atoms with E-state index in [9.17, 15) is 0 Å². The van der Waals surface area contributed by atoms with Gasteiger partial charge in [-0.3, -0.25) is 9.97 Å². The van der Waals surface area contributed by atoms with Gasteiger partial charge in [-0.2, -0.15) is 0 Å². The number of aromatic nitrogens is 8. The lowest BCUT2D eigenvalue weighted by molar-refractivity contribution is -0.190. The molecule has 17 heteroatoms. The molecule has 8 aromatic rings. The zero-order chi connectivity index (χ0) is 45.0. The summed E-state index contributed by atoms with van der Waals surface area (Å²) >= 11 is 15.7. The monoisotopic (exact) mass is 972 g/mol. The van der Waals surface area contributed by atoms with Crippen LogP contribution < -0.4 is 0 Å². The molecular weight excluding hydrogens is 935 g/mol. The number of fused-ring (bicyclic) bond motifs is 6. The average molecular weight is 975 g/mol. The molecule has 328 valence electrons. The van der Waals surface area contributed by atoms with E-state index in [1.165, 1.54) is 18.0 Å². The van der Waals surface area contributed by atoms with Crippen LogP contribution in [0.1, 0.15) is 45.7 Å². The van der Waals surface area contributed by atoms with E-state index in [-0.39, 0.29) is 24.4 Å². The van der Waals surface area contributed by atoms with Crippen LogP contribution >= 0.6 is 39.1 Å². The van der Waals surface area contributed by atoms with Crippen molar-refractivity contribution in [2.75, 3.05) is 0 Å². The molecule has 4 saturated heterocycles. The number of pyridine rings is 2. The second kappa shape index (κ2) is 17.3. The van der Waals surface area contributed by atoms with E-state index < -0.39 is 36.2 Å². The zero-order valence-corrected chi connectivity index (χ0v) is 38.3. The fourth-order valence-electron chi connectivity index (χ4n) is 8.48. The standard InChI is InChI=1S/C24H19ClN4O3.C15H14ClN3O3.C9H6BrN/c1-24(2)31-19-18(8-6-14-5-7-15-4-3-10-26-17(15)12-14)30-23(20(19)32-24)29-11-9-16-21(25)27-13-28-22(16)29;1-4-9-10-11(22-15(2,3)21-10)14(20-9)19-6-5-8-12(16)17-7-18-13(8)19;10-8-4-3-7-2-1-5-11-9(7)6-8/h3-5,7,9-13,18-20,23H,1-2H3;1,5-7,9-11,14H,2-3H3;1-6H/t18-,19-,20-,23-;9-,10-,11-,14-;/m11./s1. The fourth-order valence-corrected chi connectivity index (χ4v) is 9.21. The van der Waals surface area contributed by atoms with Gasteiger partial charge in [0.1, 0.15) is 70.9 Å². The first-order valence-corrected chi connectivity index (χ1v) is 22.2. The minimum atomic E-state index is -0.736. The van der Waals surface area contributed by atoms with Crippen molar-refractivity contribution in [1.29, 1.82) is 0 Å². The Morgan fingerprint density at radius 1 is 0.615 bits per heavy atom. The number of hydrogen-bond acceptors (Lipinski definition) is 12. The first-order valence-electron chi connectivity index (χ1n) is 20.6. The molecule has 0 saturated carbocycles. The topological polar surface area (TPSA) is 143 Å². The van der Waals surface area contributed by atoms with E-state index in [1.807, 2.05) is 116 Å².